The number of carbonyl (C=O) groups is 1. The van der Waals surface area contributed by atoms with Crippen LogP contribution in [0.25, 0.3) is 0 Å². The van der Waals surface area contributed by atoms with Crippen LogP contribution in [0.2, 0.25) is 0 Å². The number of carboxylic acids is 1. The minimum absolute atomic E-state index is 0.236. The van der Waals surface area contributed by atoms with Crippen molar-refractivity contribution < 1.29 is 9.90 Å². The molecule has 0 heterocycles. The first-order valence-corrected chi connectivity index (χ1v) is 6.92. The molecule has 1 saturated carbocycles. The predicted octanol–water partition coefficient (Wildman–Crippen LogP) is 3.21. The van der Waals surface area contributed by atoms with Gasteiger partial charge in [-0.25, -0.2) is 4.79 Å². The molecule has 1 aromatic rings. The third kappa shape index (κ3) is 3.88. The summed E-state index contributed by atoms with van der Waals surface area (Å²) in [6.45, 7) is 3.20. The SMILES string of the molecule is CC1CCCC(CNc2cc(N)cc(C(=O)O)c2)C1. The maximum atomic E-state index is 11.0. The molecule has 0 saturated heterocycles. The van der Waals surface area contributed by atoms with Crippen molar-refractivity contribution >= 4 is 17.3 Å². The Balaban J connectivity index is 1.97. The van der Waals surface area contributed by atoms with E-state index in [4.69, 9.17) is 10.8 Å². The zero-order valence-corrected chi connectivity index (χ0v) is 11.4. The molecule has 2 atom stereocenters. The van der Waals surface area contributed by atoms with Crippen molar-refractivity contribution in [3.05, 3.63) is 23.8 Å². The number of hydrogen-bond acceptors (Lipinski definition) is 3. The molecule has 0 aromatic heterocycles. The molecule has 0 amide bonds. The van der Waals surface area contributed by atoms with E-state index in [0.29, 0.717) is 11.6 Å². The van der Waals surface area contributed by atoms with Crippen LogP contribution in [0.15, 0.2) is 18.2 Å². The van der Waals surface area contributed by atoms with Gasteiger partial charge in [0.15, 0.2) is 0 Å². The van der Waals surface area contributed by atoms with Crippen LogP contribution in [0.5, 0.6) is 0 Å². The normalized spacial score (nSPS) is 23.0. The number of carboxylic acid groups (broad SMARTS) is 1. The fraction of sp³-hybridized carbons (Fsp3) is 0.533. The molecule has 2 unspecified atom stereocenters. The van der Waals surface area contributed by atoms with Crippen LogP contribution >= 0.6 is 0 Å². The molecule has 0 bridgehead atoms. The van der Waals surface area contributed by atoms with Crippen molar-refractivity contribution in [2.45, 2.75) is 32.6 Å². The third-order valence-corrected chi connectivity index (χ3v) is 3.84. The maximum Gasteiger partial charge on any atom is 0.335 e. The predicted molar refractivity (Wildman–Crippen MR) is 77.4 cm³/mol. The molecule has 4 heteroatoms. The van der Waals surface area contributed by atoms with Gasteiger partial charge in [0.05, 0.1) is 5.56 Å². The lowest BCUT2D eigenvalue weighted by molar-refractivity contribution is 0.0697. The van der Waals surface area contributed by atoms with Gasteiger partial charge in [0.2, 0.25) is 0 Å². The van der Waals surface area contributed by atoms with Crippen molar-refractivity contribution in [3.63, 3.8) is 0 Å². The first-order chi connectivity index (χ1) is 9.04. The second-order valence-electron chi connectivity index (χ2n) is 5.67. The molecule has 0 spiro atoms. The van der Waals surface area contributed by atoms with E-state index in [1.54, 1.807) is 12.1 Å². The molecule has 19 heavy (non-hydrogen) atoms. The highest BCUT2D eigenvalue weighted by atomic mass is 16.4. The maximum absolute atomic E-state index is 11.0. The molecule has 104 valence electrons. The Morgan fingerprint density at radius 2 is 2.21 bits per heavy atom. The molecular weight excluding hydrogens is 240 g/mol. The standard InChI is InChI=1S/C15H22N2O2/c1-10-3-2-4-11(5-10)9-17-14-7-12(15(18)19)6-13(16)8-14/h6-8,10-11,17H,2-5,9,16H2,1H3,(H,18,19). The van der Waals surface area contributed by atoms with Gasteiger partial charge >= 0.3 is 5.97 Å². The Hall–Kier alpha value is -1.71. The minimum atomic E-state index is -0.943. The summed E-state index contributed by atoms with van der Waals surface area (Å²) in [5.74, 6) is 0.538. The summed E-state index contributed by atoms with van der Waals surface area (Å²) in [5, 5.41) is 12.3. The van der Waals surface area contributed by atoms with Gasteiger partial charge in [-0.15, -0.1) is 0 Å². The zero-order chi connectivity index (χ0) is 13.8. The van der Waals surface area contributed by atoms with Crippen molar-refractivity contribution in [2.24, 2.45) is 11.8 Å². The fourth-order valence-electron chi connectivity index (χ4n) is 2.88. The van der Waals surface area contributed by atoms with Crippen LogP contribution in [-0.4, -0.2) is 17.6 Å². The highest BCUT2D eigenvalue weighted by Gasteiger charge is 2.18. The van der Waals surface area contributed by atoms with Crippen molar-refractivity contribution in [3.8, 4) is 0 Å². The van der Waals surface area contributed by atoms with Crippen LogP contribution < -0.4 is 11.1 Å². The number of aromatic carboxylic acids is 1. The lowest BCUT2D eigenvalue weighted by atomic mass is 9.82. The molecule has 0 radical (unpaired) electrons. The quantitative estimate of drug-likeness (QED) is 0.728. The zero-order valence-electron chi connectivity index (χ0n) is 11.4. The van der Waals surface area contributed by atoms with Gasteiger partial charge in [0, 0.05) is 17.9 Å². The van der Waals surface area contributed by atoms with E-state index in [-0.39, 0.29) is 5.56 Å². The number of nitrogens with two attached hydrogens (primary N) is 1. The lowest BCUT2D eigenvalue weighted by Crippen LogP contribution is -2.21. The summed E-state index contributed by atoms with van der Waals surface area (Å²) in [6.07, 6.45) is 5.13. The van der Waals surface area contributed by atoms with Gasteiger partial charge in [0.25, 0.3) is 0 Å². The topological polar surface area (TPSA) is 75.3 Å². The van der Waals surface area contributed by atoms with E-state index < -0.39 is 5.97 Å². The largest absolute Gasteiger partial charge is 0.478 e. The molecule has 4 N–H and O–H groups in total. The van der Waals surface area contributed by atoms with E-state index in [2.05, 4.69) is 12.2 Å². The summed E-state index contributed by atoms with van der Waals surface area (Å²) in [6, 6.07) is 4.92. The molecule has 1 aromatic carbocycles. The van der Waals surface area contributed by atoms with Gasteiger partial charge in [-0.1, -0.05) is 19.8 Å². The number of anilines is 2. The molecule has 4 nitrogen and oxygen atoms in total. The second-order valence-corrected chi connectivity index (χ2v) is 5.67. The van der Waals surface area contributed by atoms with E-state index in [1.165, 1.54) is 31.7 Å². The van der Waals surface area contributed by atoms with Gasteiger partial charge in [-0.2, -0.15) is 0 Å². The number of nitrogens with one attached hydrogen (secondary N) is 1. The Labute approximate surface area is 114 Å². The Bertz CT molecular complexity index is 459. The highest BCUT2D eigenvalue weighted by molar-refractivity contribution is 5.90. The smallest absolute Gasteiger partial charge is 0.335 e. The summed E-state index contributed by atoms with van der Waals surface area (Å²) < 4.78 is 0. The number of rotatable bonds is 4. The molecule has 1 aliphatic rings. The fourth-order valence-corrected chi connectivity index (χ4v) is 2.88. The monoisotopic (exact) mass is 262 g/mol. The average Bonchev–Trinajstić information content (AvgIpc) is 2.36. The first kappa shape index (κ1) is 13.7. The van der Waals surface area contributed by atoms with Crippen molar-refractivity contribution in [1.82, 2.24) is 0 Å². The molecule has 0 aliphatic heterocycles. The third-order valence-electron chi connectivity index (χ3n) is 3.84. The molecule has 1 fully saturated rings. The number of hydrogen-bond donors (Lipinski definition) is 3. The van der Waals surface area contributed by atoms with Crippen molar-refractivity contribution in [2.75, 3.05) is 17.6 Å². The van der Waals surface area contributed by atoms with Crippen LogP contribution in [0, 0.1) is 11.8 Å². The van der Waals surface area contributed by atoms with E-state index in [0.717, 1.165) is 18.2 Å². The molecule has 1 aliphatic carbocycles. The van der Waals surface area contributed by atoms with Gasteiger partial charge in [-0.3, -0.25) is 0 Å². The molecule has 2 rings (SSSR count). The van der Waals surface area contributed by atoms with Crippen molar-refractivity contribution in [1.29, 1.82) is 0 Å². The van der Waals surface area contributed by atoms with E-state index >= 15 is 0 Å². The van der Waals surface area contributed by atoms with Gasteiger partial charge in [0.1, 0.15) is 0 Å². The summed E-state index contributed by atoms with van der Waals surface area (Å²) >= 11 is 0. The Kier molecular flexibility index (Phi) is 4.30. The summed E-state index contributed by atoms with van der Waals surface area (Å²) in [7, 11) is 0. The summed E-state index contributed by atoms with van der Waals surface area (Å²) in [4.78, 5) is 11.0. The first-order valence-electron chi connectivity index (χ1n) is 6.92. The average molecular weight is 262 g/mol. The van der Waals surface area contributed by atoms with Crippen LogP contribution in [0.3, 0.4) is 0 Å². The highest BCUT2D eigenvalue weighted by Crippen LogP contribution is 2.29. The Morgan fingerprint density at radius 1 is 1.42 bits per heavy atom. The van der Waals surface area contributed by atoms with Crippen LogP contribution in [0.1, 0.15) is 43.0 Å². The van der Waals surface area contributed by atoms with Crippen LogP contribution in [-0.2, 0) is 0 Å². The van der Waals surface area contributed by atoms with Crippen LogP contribution in [0.4, 0.5) is 11.4 Å². The minimum Gasteiger partial charge on any atom is -0.478 e. The molecular formula is C15H22N2O2. The second kappa shape index (κ2) is 5.95. The number of benzene rings is 1. The van der Waals surface area contributed by atoms with E-state index in [9.17, 15) is 4.79 Å². The summed E-state index contributed by atoms with van der Waals surface area (Å²) in [5.41, 5.74) is 7.25. The number of nitrogen functional groups attached to an aromatic ring is 1. The van der Waals surface area contributed by atoms with E-state index in [1.807, 2.05) is 0 Å². The van der Waals surface area contributed by atoms with Gasteiger partial charge < -0.3 is 16.2 Å². The lowest BCUT2D eigenvalue weighted by Gasteiger charge is -2.27. The van der Waals surface area contributed by atoms with Gasteiger partial charge in [-0.05, 0) is 42.9 Å². The Morgan fingerprint density at radius 3 is 2.89 bits per heavy atom.